The predicted octanol–water partition coefficient (Wildman–Crippen LogP) is -0.0951. The van der Waals surface area contributed by atoms with Gasteiger partial charge in [-0.15, -0.1) is 0 Å². The van der Waals surface area contributed by atoms with Gasteiger partial charge < -0.3 is 5.73 Å². The first-order valence-electron chi connectivity index (χ1n) is 4.75. The minimum Gasteiger partial charge on any atom is -0.369 e. The van der Waals surface area contributed by atoms with E-state index < -0.39 is 5.91 Å². The maximum absolute atomic E-state index is 10.8. The van der Waals surface area contributed by atoms with Crippen LogP contribution in [0.1, 0.15) is 5.82 Å². The second-order valence-electron chi connectivity index (χ2n) is 3.35. The van der Waals surface area contributed by atoms with Gasteiger partial charge in [0, 0.05) is 25.0 Å². The minimum absolute atomic E-state index is 0.0918. The topological polar surface area (TPSA) is 86.7 Å². The van der Waals surface area contributed by atoms with Crippen molar-refractivity contribution in [1.29, 1.82) is 0 Å². The number of hydrogen-bond acceptors (Lipinski definition) is 4. The molecule has 6 heteroatoms. The molecule has 0 saturated heterocycles. The molecule has 16 heavy (non-hydrogen) atoms. The first kappa shape index (κ1) is 10.3. The van der Waals surface area contributed by atoms with Crippen LogP contribution in [0.25, 0.3) is 11.4 Å². The number of amides is 1. The molecule has 0 atom stereocenters. The van der Waals surface area contributed by atoms with E-state index in [9.17, 15) is 4.79 Å². The van der Waals surface area contributed by atoms with E-state index in [1.807, 2.05) is 12.1 Å². The zero-order chi connectivity index (χ0) is 11.5. The fraction of sp³-hybridized carbons (Fsp3) is 0.200. The SMILES string of the molecule is Cn1nc(-c2ccncc2)nc1CC(N)=O. The third kappa shape index (κ3) is 2.05. The molecule has 2 aromatic heterocycles. The molecule has 82 valence electrons. The van der Waals surface area contributed by atoms with Crippen LogP contribution in [0.5, 0.6) is 0 Å². The molecule has 0 spiro atoms. The summed E-state index contributed by atoms with van der Waals surface area (Å²) in [5.41, 5.74) is 5.97. The lowest BCUT2D eigenvalue weighted by Gasteiger charge is -1.93. The summed E-state index contributed by atoms with van der Waals surface area (Å²) in [4.78, 5) is 19.0. The molecule has 0 unspecified atom stereocenters. The average molecular weight is 217 g/mol. The van der Waals surface area contributed by atoms with Gasteiger partial charge in [0.1, 0.15) is 5.82 Å². The Labute approximate surface area is 92.1 Å². The molecule has 2 rings (SSSR count). The summed E-state index contributed by atoms with van der Waals surface area (Å²) in [6.07, 6.45) is 3.42. The summed E-state index contributed by atoms with van der Waals surface area (Å²) in [5.74, 6) is 0.706. The van der Waals surface area contributed by atoms with Crippen LogP contribution in [0.15, 0.2) is 24.5 Å². The van der Waals surface area contributed by atoms with Crippen molar-refractivity contribution in [3.63, 3.8) is 0 Å². The maximum atomic E-state index is 10.8. The van der Waals surface area contributed by atoms with E-state index in [4.69, 9.17) is 5.73 Å². The number of aromatic nitrogens is 4. The summed E-state index contributed by atoms with van der Waals surface area (Å²) < 4.78 is 1.56. The van der Waals surface area contributed by atoms with Gasteiger partial charge in [-0.1, -0.05) is 0 Å². The van der Waals surface area contributed by atoms with Gasteiger partial charge in [-0.25, -0.2) is 4.98 Å². The average Bonchev–Trinajstić information content (AvgIpc) is 2.61. The third-order valence-corrected chi connectivity index (χ3v) is 2.12. The largest absolute Gasteiger partial charge is 0.369 e. The standard InChI is InChI=1S/C10H11N5O/c1-15-9(6-8(11)16)13-10(14-15)7-2-4-12-5-3-7/h2-5H,6H2,1H3,(H2,11,16). The highest BCUT2D eigenvalue weighted by Crippen LogP contribution is 2.13. The summed E-state index contributed by atoms with van der Waals surface area (Å²) in [6, 6.07) is 3.62. The van der Waals surface area contributed by atoms with E-state index in [0.29, 0.717) is 11.6 Å². The Kier molecular flexibility index (Phi) is 2.63. The van der Waals surface area contributed by atoms with Gasteiger partial charge in [0.25, 0.3) is 0 Å². The van der Waals surface area contributed by atoms with Gasteiger partial charge in [0.2, 0.25) is 5.91 Å². The Morgan fingerprint density at radius 1 is 1.44 bits per heavy atom. The number of hydrogen-bond donors (Lipinski definition) is 1. The number of pyridine rings is 1. The lowest BCUT2D eigenvalue weighted by atomic mass is 10.2. The Morgan fingerprint density at radius 2 is 2.12 bits per heavy atom. The molecular formula is C10H11N5O. The van der Waals surface area contributed by atoms with E-state index in [1.165, 1.54) is 0 Å². The van der Waals surface area contributed by atoms with Crippen LogP contribution in [-0.4, -0.2) is 25.7 Å². The molecule has 0 aliphatic carbocycles. The number of carbonyl (C=O) groups excluding carboxylic acids is 1. The van der Waals surface area contributed by atoms with Crippen molar-refractivity contribution in [2.24, 2.45) is 12.8 Å². The van der Waals surface area contributed by atoms with Crippen LogP contribution in [0, 0.1) is 0 Å². The van der Waals surface area contributed by atoms with Gasteiger partial charge in [-0.3, -0.25) is 14.5 Å². The minimum atomic E-state index is -0.420. The molecule has 0 fully saturated rings. The van der Waals surface area contributed by atoms with Crippen molar-refractivity contribution >= 4 is 5.91 Å². The summed E-state index contributed by atoms with van der Waals surface area (Å²) >= 11 is 0. The molecule has 2 N–H and O–H groups in total. The van der Waals surface area contributed by atoms with Crippen LogP contribution in [0.4, 0.5) is 0 Å². The summed E-state index contributed by atoms with van der Waals surface area (Å²) in [6.45, 7) is 0. The lowest BCUT2D eigenvalue weighted by Crippen LogP contribution is -2.16. The van der Waals surface area contributed by atoms with Crippen LogP contribution in [-0.2, 0) is 18.3 Å². The van der Waals surface area contributed by atoms with Crippen LogP contribution < -0.4 is 5.73 Å². The fourth-order valence-electron chi connectivity index (χ4n) is 1.35. The van der Waals surface area contributed by atoms with E-state index >= 15 is 0 Å². The Balaban J connectivity index is 2.34. The van der Waals surface area contributed by atoms with E-state index in [0.717, 1.165) is 5.56 Å². The zero-order valence-electron chi connectivity index (χ0n) is 8.79. The molecule has 0 bridgehead atoms. The number of nitrogens with zero attached hydrogens (tertiary/aromatic N) is 4. The highest BCUT2D eigenvalue weighted by Gasteiger charge is 2.10. The molecule has 6 nitrogen and oxygen atoms in total. The molecule has 0 aliphatic rings. The highest BCUT2D eigenvalue weighted by atomic mass is 16.1. The Hall–Kier alpha value is -2.24. The number of nitrogens with two attached hydrogens (primary N) is 1. The van der Waals surface area contributed by atoms with E-state index in [1.54, 1.807) is 24.1 Å². The lowest BCUT2D eigenvalue weighted by molar-refractivity contribution is -0.117. The van der Waals surface area contributed by atoms with Gasteiger partial charge in [0.05, 0.1) is 6.42 Å². The molecular weight excluding hydrogens is 206 g/mol. The third-order valence-electron chi connectivity index (χ3n) is 2.12. The first-order valence-corrected chi connectivity index (χ1v) is 4.75. The summed E-state index contributed by atoms with van der Waals surface area (Å²) in [7, 11) is 1.73. The van der Waals surface area contributed by atoms with Crippen LogP contribution in [0.2, 0.25) is 0 Å². The first-order chi connectivity index (χ1) is 7.66. The van der Waals surface area contributed by atoms with Gasteiger partial charge in [0.15, 0.2) is 5.82 Å². The van der Waals surface area contributed by atoms with Crippen molar-refractivity contribution in [2.45, 2.75) is 6.42 Å². The molecule has 2 heterocycles. The van der Waals surface area contributed by atoms with Crippen molar-refractivity contribution in [1.82, 2.24) is 19.7 Å². The maximum Gasteiger partial charge on any atom is 0.225 e. The van der Waals surface area contributed by atoms with E-state index in [-0.39, 0.29) is 6.42 Å². The zero-order valence-corrected chi connectivity index (χ0v) is 8.79. The van der Waals surface area contributed by atoms with Gasteiger partial charge in [-0.2, -0.15) is 5.10 Å². The molecule has 0 saturated carbocycles. The van der Waals surface area contributed by atoms with Crippen molar-refractivity contribution in [2.75, 3.05) is 0 Å². The second kappa shape index (κ2) is 4.09. The number of aryl methyl sites for hydroxylation is 1. The molecule has 0 aliphatic heterocycles. The molecule has 0 radical (unpaired) electrons. The van der Waals surface area contributed by atoms with Gasteiger partial charge in [-0.05, 0) is 12.1 Å². The van der Waals surface area contributed by atoms with Crippen molar-refractivity contribution in [3.05, 3.63) is 30.4 Å². The van der Waals surface area contributed by atoms with Crippen LogP contribution in [0.3, 0.4) is 0 Å². The number of primary amides is 1. The predicted molar refractivity (Wildman–Crippen MR) is 57.1 cm³/mol. The van der Waals surface area contributed by atoms with E-state index in [2.05, 4.69) is 15.1 Å². The molecule has 0 aromatic carbocycles. The van der Waals surface area contributed by atoms with Gasteiger partial charge >= 0.3 is 0 Å². The normalized spacial score (nSPS) is 10.3. The fourth-order valence-corrected chi connectivity index (χ4v) is 1.35. The number of rotatable bonds is 3. The Morgan fingerprint density at radius 3 is 2.75 bits per heavy atom. The highest BCUT2D eigenvalue weighted by molar-refractivity contribution is 5.75. The van der Waals surface area contributed by atoms with Crippen LogP contribution >= 0.6 is 0 Å². The molecule has 1 amide bonds. The molecule has 2 aromatic rings. The monoisotopic (exact) mass is 217 g/mol. The smallest absolute Gasteiger partial charge is 0.225 e. The number of carbonyl (C=O) groups is 1. The van der Waals surface area contributed by atoms with Crippen molar-refractivity contribution < 1.29 is 4.79 Å². The quantitative estimate of drug-likeness (QED) is 0.778. The summed E-state index contributed by atoms with van der Waals surface area (Å²) in [5, 5.41) is 4.20. The van der Waals surface area contributed by atoms with Crippen molar-refractivity contribution in [3.8, 4) is 11.4 Å². The second-order valence-corrected chi connectivity index (χ2v) is 3.35. The Bertz CT molecular complexity index is 505.